The van der Waals surface area contributed by atoms with Crippen molar-refractivity contribution in [3.05, 3.63) is 23.3 Å². The first kappa shape index (κ1) is 8.24. The Morgan fingerprint density at radius 2 is 2.21 bits per heavy atom. The van der Waals surface area contributed by atoms with Gasteiger partial charge in [-0.05, 0) is 12.5 Å². The summed E-state index contributed by atoms with van der Waals surface area (Å²) in [4.78, 5) is 11.3. The van der Waals surface area contributed by atoms with E-state index >= 15 is 0 Å². The van der Waals surface area contributed by atoms with Gasteiger partial charge in [0.25, 0.3) is 0 Å². The summed E-state index contributed by atoms with van der Waals surface area (Å²) in [7, 11) is 0. The third-order valence-electron chi connectivity index (χ3n) is 3.29. The molecule has 3 rings (SSSR count). The van der Waals surface area contributed by atoms with E-state index in [1.54, 1.807) is 0 Å². The highest BCUT2D eigenvalue weighted by Gasteiger charge is 2.41. The van der Waals surface area contributed by atoms with Crippen molar-refractivity contribution in [1.82, 2.24) is 0 Å². The Hall–Kier alpha value is -1.09. The lowest BCUT2D eigenvalue weighted by Crippen LogP contribution is -2.19. The second-order valence-corrected chi connectivity index (χ2v) is 4.08. The average molecular weight is 192 g/mol. The predicted molar refractivity (Wildman–Crippen MR) is 49.5 cm³/mol. The lowest BCUT2D eigenvalue weighted by atomic mass is 9.81. The van der Waals surface area contributed by atoms with Gasteiger partial charge in [0, 0.05) is 5.92 Å². The van der Waals surface area contributed by atoms with Gasteiger partial charge in [-0.1, -0.05) is 17.7 Å². The van der Waals surface area contributed by atoms with Crippen molar-refractivity contribution in [3.8, 4) is 0 Å². The molecule has 2 aliphatic heterocycles. The van der Waals surface area contributed by atoms with Gasteiger partial charge >= 0.3 is 5.97 Å². The molecule has 0 aromatic rings. The van der Waals surface area contributed by atoms with Crippen LogP contribution < -0.4 is 0 Å². The molecule has 74 valence electrons. The van der Waals surface area contributed by atoms with Gasteiger partial charge in [-0.2, -0.15) is 0 Å². The number of fused-ring (bicyclic) bond motifs is 1. The highest BCUT2D eigenvalue weighted by molar-refractivity contribution is 5.78. The van der Waals surface area contributed by atoms with E-state index < -0.39 is 0 Å². The van der Waals surface area contributed by atoms with Crippen LogP contribution in [0.15, 0.2) is 23.3 Å². The van der Waals surface area contributed by atoms with Gasteiger partial charge in [0.2, 0.25) is 0 Å². The molecule has 3 atom stereocenters. The topological polar surface area (TPSA) is 38.8 Å². The zero-order chi connectivity index (χ0) is 9.71. The van der Waals surface area contributed by atoms with E-state index in [2.05, 4.69) is 6.92 Å². The summed E-state index contributed by atoms with van der Waals surface area (Å²) in [6.07, 6.45) is 4.27. The first-order valence-corrected chi connectivity index (χ1v) is 4.94. The lowest BCUT2D eigenvalue weighted by molar-refractivity contribution is -0.140. The van der Waals surface area contributed by atoms with Crippen molar-refractivity contribution in [2.75, 3.05) is 13.2 Å². The summed E-state index contributed by atoms with van der Waals surface area (Å²) >= 11 is 0. The Balaban J connectivity index is 1.95. The molecule has 2 fully saturated rings. The summed E-state index contributed by atoms with van der Waals surface area (Å²) in [5.74, 6) is 0.130. The molecule has 3 unspecified atom stereocenters. The fourth-order valence-electron chi connectivity index (χ4n) is 2.28. The number of carbonyl (C=O) groups excluding carboxylic acids is 1. The molecular formula is C11H12O3. The first-order valence-electron chi connectivity index (χ1n) is 4.94. The minimum Gasteiger partial charge on any atom is -0.465 e. The van der Waals surface area contributed by atoms with Crippen LogP contribution in [0.1, 0.15) is 6.92 Å². The lowest BCUT2D eigenvalue weighted by Gasteiger charge is -2.20. The molecule has 3 heteroatoms. The van der Waals surface area contributed by atoms with E-state index in [1.807, 2.05) is 12.2 Å². The van der Waals surface area contributed by atoms with Crippen LogP contribution in [0, 0.1) is 11.8 Å². The zero-order valence-corrected chi connectivity index (χ0v) is 8.03. The van der Waals surface area contributed by atoms with E-state index in [4.69, 9.17) is 9.47 Å². The molecule has 0 bridgehead atoms. The highest BCUT2D eigenvalue weighted by atomic mass is 16.6. The smallest absolute Gasteiger partial charge is 0.313 e. The molecule has 14 heavy (non-hydrogen) atoms. The van der Waals surface area contributed by atoms with Crippen LogP contribution in [0.4, 0.5) is 0 Å². The predicted octanol–water partition coefficient (Wildman–Crippen LogP) is 1.06. The number of esters is 1. The largest absolute Gasteiger partial charge is 0.465 e. The first-order chi connectivity index (χ1) is 6.77. The van der Waals surface area contributed by atoms with E-state index in [0.29, 0.717) is 6.61 Å². The van der Waals surface area contributed by atoms with Crippen LogP contribution in [0.2, 0.25) is 0 Å². The van der Waals surface area contributed by atoms with E-state index in [1.165, 1.54) is 11.1 Å². The molecular weight excluding hydrogens is 180 g/mol. The third kappa shape index (κ3) is 1.05. The molecule has 2 saturated heterocycles. The minimum absolute atomic E-state index is 0.0440. The number of ether oxygens (including phenoxy) is 2. The van der Waals surface area contributed by atoms with Crippen LogP contribution in [0.3, 0.4) is 0 Å². The van der Waals surface area contributed by atoms with Crippen LogP contribution in [0.5, 0.6) is 0 Å². The van der Waals surface area contributed by atoms with Gasteiger partial charge < -0.3 is 9.47 Å². The Kier molecular flexibility index (Phi) is 1.59. The number of hydrogen-bond acceptors (Lipinski definition) is 3. The van der Waals surface area contributed by atoms with Crippen molar-refractivity contribution in [2.45, 2.75) is 13.0 Å². The standard InChI is InChI=1S/C11H12O3/c1-6-7(10-5-13-10)2-3-8-9(6)4-14-11(8)12/h2-3,8-10H,4-5H2,1H3. The SMILES string of the molecule is CC1=C(C2CO2)C=CC2C(=O)OCC12. The second-order valence-electron chi connectivity index (χ2n) is 4.08. The van der Waals surface area contributed by atoms with Gasteiger partial charge in [0.1, 0.15) is 6.10 Å². The Morgan fingerprint density at radius 3 is 2.93 bits per heavy atom. The van der Waals surface area contributed by atoms with Crippen LogP contribution >= 0.6 is 0 Å². The highest BCUT2D eigenvalue weighted by Crippen LogP contribution is 2.38. The minimum atomic E-state index is -0.0821. The normalized spacial score (nSPS) is 39.8. The summed E-state index contributed by atoms with van der Waals surface area (Å²) in [6.45, 7) is 3.44. The average Bonchev–Trinajstić information content (AvgIpc) is 2.93. The molecule has 3 aliphatic rings. The summed E-state index contributed by atoms with van der Waals surface area (Å²) in [5.41, 5.74) is 2.52. The molecule has 2 heterocycles. The summed E-state index contributed by atoms with van der Waals surface area (Å²) < 4.78 is 10.3. The van der Waals surface area contributed by atoms with Crippen LogP contribution in [-0.2, 0) is 14.3 Å². The second kappa shape index (κ2) is 2.70. The van der Waals surface area contributed by atoms with Gasteiger partial charge in [-0.15, -0.1) is 0 Å². The van der Waals surface area contributed by atoms with Crippen molar-refractivity contribution in [2.24, 2.45) is 11.8 Å². The maximum Gasteiger partial charge on any atom is 0.313 e. The Morgan fingerprint density at radius 1 is 1.43 bits per heavy atom. The number of epoxide rings is 1. The number of cyclic esters (lactones) is 1. The monoisotopic (exact) mass is 192 g/mol. The molecule has 0 amide bonds. The van der Waals surface area contributed by atoms with Crippen molar-refractivity contribution >= 4 is 5.97 Å². The fraction of sp³-hybridized carbons (Fsp3) is 0.545. The molecule has 1 aliphatic carbocycles. The molecule has 0 radical (unpaired) electrons. The van der Waals surface area contributed by atoms with Crippen molar-refractivity contribution < 1.29 is 14.3 Å². The van der Waals surface area contributed by atoms with Crippen molar-refractivity contribution in [1.29, 1.82) is 0 Å². The van der Waals surface area contributed by atoms with E-state index in [0.717, 1.165) is 6.61 Å². The molecule has 3 nitrogen and oxygen atoms in total. The number of carbonyl (C=O) groups is 1. The molecule has 0 N–H and O–H groups in total. The third-order valence-corrected chi connectivity index (χ3v) is 3.29. The molecule has 0 aromatic carbocycles. The Bertz CT molecular complexity index is 350. The van der Waals surface area contributed by atoms with E-state index in [9.17, 15) is 4.79 Å². The van der Waals surface area contributed by atoms with Gasteiger partial charge in [0.05, 0.1) is 19.1 Å². The fourth-order valence-corrected chi connectivity index (χ4v) is 2.28. The molecule has 0 saturated carbocycles. The zero-order valence-electron chi connectivity index (χ0n) is 8.03. The van der Waals surface area contributed by atoms with Gasteiger partial charge in [-0.25, -0.2) is 0 Å². The summed E-state index contributed by atoms with van der Waals surface area (Å²) in [5, 5.41) is 0. The number of rotatable bonds is 1. The molecule has 0 aromatic heterocycles. The van der Waals surface area contributed by atoms with Gasteiger partial charge in [-0.3, -0.25) is 4.79 Å². The van der Waals surface area contributed by atoms with Crippen LogP contribution in [-0.4, -0.2) is 25.3 Å². The number of hydrogen-bond donors (Lipinski definition) is 0. The Labute approximate surface area is 82.4 Å². The van der Waals surface area contributed by atoms with Crippen molar-refractivity contribution in [3.63, 3.8) is 0 Å². The maximum absolute atomic E-state index is 11.3. The van der Waals surface area contributed by atoms with Crippen LogP contribution in [0.25, 0.3) is 0 Å². The molecule has 0 spiro atoms. The quantitative estimate of drug-likeness (QED) is 0.460. The van der Waals surface area contributed by atoms with Gasteiger partial charge in [0.15, 0.2) is 0 Å². The van der Waals surface area contributed by atoms with E-state index in [-0.39, 0.29) is 23.9 Å². The summed E-state index contributed by atoms with van der Waals surface area (Å²) in [6, 6.07) is 0. The maximum atomic E-state index is 11.3.